The van der Waals surface area contributed by atoms with Crippen LogP contribution in [0.5, 0.6) is 0 Å². The number of ether oxygens (including phenoxy) is 1. The van der Waals surface area contributed by atoms with Crippen LogP contribution in [0.15, 0.2) is 11.8 Å². The van der Waals surface area contributed by atoms with Crippen molar-refractivity contribution in [2.45, 2.75) is 12.8 Å². The van der Waals surface area contributed by atoms with Crippen molar-refractivity contribution in [2.24, 2.45) is 0 Å². The highest BCUT2D eigenvalue weighted by Crippen LogP contribution is 2.15. The quantitative estimate of drug-likeness (QED) is 0.625. The number of hydrogen-bond donors (Lipinski definition) is 0. The van der Waals surface area contributed by atoms with Crippen molar-refractivity contribution in [3.63, 3.8) is 0 Å². The fourth-order valence-electron chi connectivity index (χ4n) is 0.946. The van der Waals surface area contributed by atoms with E-state index in [4.69, 9.17) is 15.4 Å². The molecule has 0 aromatic rings. The second-order valence-corrected chi connectivity index (χ2v) is 5.21. The van der Waals surface area contributed by atoms with E-state index in [1.807, 2.05) is 0 Å². The highest BCUT2D eigenvalue weighted by atomic mass is 35.7. The first-order chi connectivity index (χ1) is 5.08. The lowest BCUT2D eigenvalue weighted by atomic mass is 10.2. The van der Waals surface area contributed by atoms with Gasteiger partial charge in [0.15, 0.2) is 0 Å². The average molecular weight is 197 g/mol. The van der Waals surface area contributed by atoms with E-state index in [1.54, 1.807) is 0 Å². The van der Waals surface area contributed by atoms with Crippen LogP contribution in [0.2, 0.25) is 0 Å². The summed E-state index contributed by atoms with van der Waals surface area (Å²) in [4.78, 5) is 0. The zero-order valence-corrected chi connectivity index (χ0v) is 7.49. The van der Waals surface area contributed by atoms with Crippen LogP contribution >= 0.6 is 10.7 Å². The van der Waals surface area contributed by atoms with Crippen molar-refractivity contribution in [2.75, 3.05) is 12.4 Å². The Morgan fingerprint density at radius 2 is 2.36 bits per heavy atom. The predicted octanol–water partition coefficient (Wildman–Crippen LogP) is 1.25. The van der Waals surface area contributed by atoms with Crippen LogP contribution in [0.25, 0.3) is 0 Å². The molecule has 5 heteroatoms. The molecule has 0 radical (unpaired) electrons. The molecule has 0 aromatic carbocycles. The molecule has 0 spiro atoms. The normalized spacial score (nSPS) is 18.8. The van der Waals surface area contributed by atoms with E-state index in [0.29, 0.717) is 6.61 Å². The molecular formula is C6H9ClO3S. The van der Waals surface area contributed by atoms with Crippen molar-refractivity contribution in [1.29, 1.82) is 0 Å². The Kier molecular flexibility index (Phi) is 2.78. The molecule has 0 aliphatic carbocycles. The van der Waals surface area contributed by atoms with E-state index in [1.165, 1.54) is 6.26 Å². The number of hydrogen-bond acceptors (Lipinski definition) is 3. The summed E-state index contributed by atoms with van der Waals surface area (Å²) in [6, 6.07) is 0. The molecule has 0 saturated carbocycles. The van der Waals surface area contributed by atoms with E-state index < -0.39 is 9.05 Å². The summed E-state index contributed by atoms with van der Waals surface area (Å²) in [6.07, 6.45) is 3.13. The van der Waals surface area contributed by atoms with Gasteiger partial charge in [0.1, 0.15) is 0 Å². The van der Waals surface area contributed by atoms with Gasteiger partial charge < -0.3 is 4.74 Å². The van der Waals surface area contributed by atoms with E-state index >= 15 is 0 Å². The van der Waals surface area contributed by atoms with Crippen LogP contribution in [0, 0.1) is 0 Å². The molecule has 0 saturated heterocycles. The monoisotopic (exact) mass is 196 g/mol. The molecule has 0 unspecified atom stereocenters. The first-order valence-corrected chi connectivity index (χ1v) is 5.77. The van der Waals surface area contributed by atoms with Crippen LogP contribution in [0.3, 0.4) is 0 Å². The van der Waals surface area contributed by atoms with Crippen LogP contribution in [-0.2, 0) is 13.8 Å². The van der Waals surface area contributed by atoms with Gasteiger partial charge in [0.05, 0.1) is 18.6 Å². The summed E-state index contributed by atoms with van der Waals surface area (Å²) in [7, 11) is 1.64. The van der Waals surface area contributed by atoms with Gasteiger partial charge in [-0.1, -0.05) is 0 Å². The maximum Gasteiger partial charge on any atom is 0.236 e. The molecule has 3 nitrogen and oxygen atoms in total. The third-order valence-corrected chi connectivity index (χ3v) is 2.41. The predicted molar refractivity (Wildman–Crippen MR) is 42.9 cm³/mol. The average Bonchev–Trinajstić information content (AvgIpc) is 1.85. The highest BCUT2D eigenvalue weighted by molar-refractivity contribution is 8.13. The lowest BCUT2D eigenvalue weighted by Crippen LogP contribution is -2.06. The topological polar surface area (TPSA) is 43.4 Å². The smallest absolute Gasteiger partial charge is 0.236 e. The molecule has 0 amide bonds. The Morgan fingerprint density at radius 3 is 2.82 bits per heavy atom. The maximum absolute atomic E-state index is 10.6. The van der Waals surface area contributed by atoms with Gasteiger partial charge in [-0.3, -0.25) is 0 Å². The Morgan fingerprint density at radius 1 is 1.64 bits per heavy atom. The largest absolute Gasteiger partial charge is 0.501 e. The van der Waals surface area contributed by atoms with Crippen LogP contribution < -0.4 is 0 Å². The van der Waals surface area contributed by atoms with E-state index in [9.17, 15) is 8.42 Å². The minimum atomic E-state index is -3.40. The van der Waals surface area contributed by atoms with Crippen molar-refractivity contribution >= 4 is 19.7 Å². The van der Waals surface area contributed by atoms with E-state index in [2.05, 4.69) is 0 Å². The lowest BCUT2D eigenvalue weighted by Gasteiger charge is -2.11. The molecule has 0 fully saturated rings. The maximum atomic E-state index is 10.6. The SMILES string of the molecule is O=S(=O)(Cl)CC1=COCCC1. The van der Waals surface area contributed by atoms with Gasteiger partial charge in [-0.25, -0.2) is 8.42 Å². The second kappa shape index (κ2) is 3.45. The standard InChI is InChI=1S/C6H9ClO3S/c7-11(8,9)5-6-2-1-3-10-4-6/h4H,1-3,5H2. The summed E-state index contributed by atoms with van der Waals surface area (Å²) in [6.45, 7) is 0.672. The van der Waals surface area contributed by atoms with Gasteiger partial charge in [0, 0.05) is 10.7 Å². The van der Waals surface area contributed by atoms with Crippen LogP contribution in [0.1, 0.15) is 12.8 Å². The number of halogens is 1. The van der Waals surface area contributed by atoms with Gasteiger partial charge in [-0.2, -0.15) is 0 Å². The Balaban J connectivity index is 2.55. The molecule has 11 heavy (non-hydrogen) atoms. The minimum Gasteiger partial charge on any atom is -0.501 e. The molecule has 0 bridgehead atoms. The third kappa shape index (κ3) is 3.62. The highest BCUT2D eigenvalue weighted by Gasteiger charge is 2.12. The molecular weight excluding hydrogens is 188 g/mol. The molecule has 1 heterocycles. The van der Waals surface area contributed by atoms with E-state index in [0.717, 1.165) is 18.4 Å². The fourth-order valence-corrected chi connectivity index (χ4v) is 2.02. The summed E-state index contributed by atoms with van der Waals surface area (Å²) < 4.78 is 26.1. The second-order valence-electron chi connectivity index (χ2n) is 2.43. The molecule has 0 N–H and O–H groups in total. The van der Waals surface area contributed by atoms with Crippen LogP contribution in [-0.4, -0.2) is 20.8 Å². The zero-order valence-electron chi connectivity index (χ0n) is 5.92. The van der Waals surface area contributed by atoms with Crippen molar-refractivity contribution in [3.05, 3.63) is 11.8 Å². The van der Waals surface area contributed by atoms with Crippen molar-refractivity contribution < 1.29 is 13.2 Å². The van der Waals surface area contributed by atoms with Gasteiger partial charge in [-0.05, 0) is 18.4 Å². The molecule has 1 rings (SSSR count). The number of rotatable bonds is 2. The summed E-state index contributed by atoms with van der Waals surface area (Å²) in [5.41, 5.74) is 0.756. The van der Waals surface area contributed by atoms with Gasteiger partial charge >= 0.3 is 0 Å². The Hall–Kier alpha value is -0.220. The molecule has 1 aliphatic rings. The Bertz CT molecular complexity index is 255. The van der Waals surface area contributed by atoms with Gasteiger partial charge in [0.25, 0.3) is 0 Å². The molecule has 0 atom stereocenters. The lowest BCUT2D eigenvalue weighted by molar-refractivity contribution is 0.225. The minimum absolute atomic E-state index is 0.0887. The van der Waals surface area contributed by atoms with Crippen molar-refractivity contribution in [1.82, 2.24) is 0 Å². The first kappa shape index (κ1) is 8.87. The van der Waals surface area contributed by atoms with E-state index in [-0.39, 0.29) is 5.75 Å². The van der Waals surface area contributed by atoms with Crippen LogP contribution in [0.4, 0.5) is 0 Å². The van der Waals surface area contributed by atoms with Gasteiger partial charge in [-0.15, -0.1) is 0 Å². The zero-order chi connectivity index (χ0) is 8.32. The third-order valence-electron chi connectivity index (χ3n) is 1.37. The summed E-state index contributed by atoms with van der Waals surface area (Å²) >= 11 is 0. The summed E-state index contributed by atoms with van der Waals surface area (Å²) in [5.74, 6) is -0.0887. The molecule has 1 aliphatic heterocycles. The molecule has 0 aromatic heterocycles. The first-order valence-electron chi connectivity index (χ1n) is 3.30. The Labute approximate surface area is 70.4 Å². The fraction of sp³-hybridized carbons (Fsp3) is 0.667. The molecule has 64 valence electrons. The van der Waals surface area contributed by atoms with Crippen molar-refractivity contribution in [3.8, 4) is 0 Å². The van der Waals surface area contributed by atoms with Gasteiger partial charge in [0.2, 0.25) is 9.05 Å². The summed E-state index contributed by atoms with van der Waals surface area (Å²) in [5, 5.41) is 0.